The normalized spacial score (nSPS) is 11.6. The van der Waals surface area contributed by atoms with E-state index in [1.165, 1.54) is 11.6 Å². The number of carbonyl (C=O) groups is 1. The molecule has 4 nitrogen and oxygen atoms in total. The van der Waals surface area contributed by atoms with Crippen molar-refractivity contribution in [2.75, 3.05) is 5.32 Å². The Morgan fingerprint density at radius 2 is 1.83 bits per heavy atom. The van der Waals surface area contributed by atoms with Crippen LogP contribution in [0.5, 0.6) is 0 Å². The van der Waals surface area contributed by atoms with Gasteiger partial charge in [-0.25, -0.2) is 0 Å². The average molecular weight is 404 g/mol. The Kier molecular flexibility index (Phi) is 5.37. The van der Waals surface area contributed by atoms with Crippen molar-refractivity contribution in [1.82, 2.24) is 9.78 Å². The Balaban J connectivity index is 2.08. The van der Waals surface area contributed by atoms with Gasteiger partial charge in [0, 0.05) is 12.1 Å². The van der Waals surface area contributed by atoms with Gasteiger partial charge in [-0.3, -0.25) is 9.48 Å². The first kappa shape index (κ1) is 18.5. The number of anilines is 1. The molecule has 1 aromatic carbocycles. The van der Waals surface area contributed by atoms with Crippen LogP contribution in [0.4, 0.5) is 18.9 Å². The molecule has 0 fully saturated rings. The highest BCUT2D eigenvalue weighted by atomic mass is 79.9. The first-order valence-electron chi connectivity index (χ1n) is 7.27. The van der Waals surface area contributed by atoms with Gasteiger partial charge in [-0.2, -0.15) is 18.3 Å². The summed E-state index contributed by atoms with van der Waals surface area (Å²) in [7, 11) is 0. The van der Waals surface area contributed by atoms with E-state index in [0.29, 0.717) is 5.69 Å². The average Bonchev–Trinajstić information content (AvgIpc) is 2.77. The number of amides is 1. The number of aromatic nitrogens is 2. The Labute approximate surface area is 146 Å². The number of halogens is 4. The molecule has 0 atom stereocenters. The van der Waals surface area contributed by atoms with E-state index in [1.807, 2.05) is 32.0 Å². The van der Waals surface area contributed by atoms with Gasteiger partial charge in [-0.1, -0.05) is 18.2 Å². The second-order valence-electron chi connectivity index (χ2n) is 5.53. The third-order valence-corrected chi connectivity index (χ3v) is 4.65. The fraction of sp³-hybridized carbons (Fsp3) is 0.375. The number of carbonyl (C=O) groups excluding carboxylic acids is 1. The van der Waals surface area contributed by atoms with E-state index in [4.69, 9.17) is 0 Å². The molecule has 0 saturated heterocycles. The number of hydrogen-bond donors (Lipinski definition) is 1. The zero-order valence-electron chi connectivity index (χ0n) is 13.5. The number of nitrogens with zero attached hydrogens (tertiary/aromatic N) is 2. The number of rotatable bonds is 4. The van der Waals surface area contributed by atoms with E-state index in [0.717, 1.165) is 16.8 Å². The van der Waals surface area contributed by atoms with E-state index in [1.54, 1.807) is 0 Å². The van der Waals surface area contributed by atoms with Crippen molar-refractivity contribution in [2.24, 2.45) is 0 Å². The molecule has 8 heteroatoms. The maximum atomic E-state index is 12.8. The smallest absolute Gasteiger partial charge is 0.326 e. The quantitative estimate of drug-likeness (QED) is 0.809. The lowest BCUT2D eigenvalue weighted by Gasteiger charge is -2.11. The van der Waals surface area contributed by atoms with Gasteiger partial charge in [0.2, 0.25) is 5.91 Å². The van der Waals surface area contributed by atoms with E-state index < -0.39 is 11.9 Å². The first-order valence-corrected chi connectivity index (χ1v) is 8.06. The predicted molar refractivity (Wildman–Crippen MR) is 88.8 cm³/mol. The molecule has 1 heterocycles. The van der Waals surface area contributed by atoms with Crippen molar-refractivity contribution >= 4 is 27.5 Å². The Morgan fingerprint density at radius 1 is 1.25 bits per heavy atom. The third kappa shape index (κ3) is 3.98. The summed E-state index contributed by atoms with van der Waals surface area (Å²) in [5.74, 6) is -0.271. The summed E-state index contributed by atoms with van der Waals surface area (Å²) in [6.45, 7) is 5.35. The topological polar surface area (TPSA) is 46.9 Å². The highest BCUT2D eigenvalue weighted by Crippen LogP contribution is 2.35. The minimum absolute atomic E-state index is 0.0278. The molecule has 2 rings (SSSR count). The highest BCUT2D eigenvalue weighted by molar-refractivity contribution is 9.10. The highest BCUT2D eigenvalue weighted by Gasteiger charge is 2.37. The summed E-state index contributed by atoms with van der Waals surface area (Å²) in [4.78, 5) is 12.1. The molecule has 0 radical (unpaired) electrons. The number of aryl methyl sites for hydroxylation is 3. The molecule has 130 valence electrons. The molecule has 0 bridgehead atoms. The second kappa shape index (κ2) is 6.96. The summed E-state index contributed by atoms with van der Waals surface area (Å²) >= 11 is 2.91. The fourth-order valence-corrected chi connectivity index (χ4v) is 2.85. The van der Waals surface area contributed by atoms with Gasteiger partial charge >= 0.3 is 6.18 Å². The number of hydrogen-bond acceptors (Lipinski definition) is 2. The Hall–Kier alpha value is -1.83. The maximum Gasteiger partial charge on any atom is 0.436 e. The maximum absolute atomic E-state index is 12.8. The molecule has 0 unspecified atom stereocenters. The second-order valence-corrected chi connectivity index (χ2v) is 6.33. The van der Waals surface area contributed by atoms with Crippen LogP contribution in [0.15, 0.2) is 22.7 Å². The standard InChI is InChI=1S/C16H17BrF3N3O/c1-9-5-4-6-10(2)14(9)21-12(24)7-8-23-11(3)13(17)15(22-23)16(18,19)20/h4-6H,7-8H2,1-3H3,(H,21,24). The van der Waals surface area contributed by atoms with E-state index >= 15 is 0 Å². The molecule has 2 aromatic rings. The van der Waals surface area contributed by atoms with Crippen molar-refractivity contribution in [3.63, 3.8) is 0 Å². The zero-order chi connectivity index (χ0) is 18.1. The molecular weight excluding hydrogens is 387 g/mol. The summed E-state index contributed by atoms with van der Waals surface area (Å²) in [6.07, 6.45) is -4.50. The lowest BCUT2D eigenvalue weighted by molar-refractivity contribution is -0.142. The molecule has 1 N–H and O–H groups in total. The third-order valence-electron chi connectivity index (χ3n) is 3.70. The molecule has 24 heavy (non-hydrogen) atoms. The fourth-order valence-electron chi connectivity index (χ4n) is 2.34. The van der Waals surface area contributed by atoms with Gasteiger partial charge in [0.25, 0.3) is 0 Å². The van der Waals surface area contributed by atoms with Crippen molar-refractivity contribution in [1.29, 1.82) is 0 Å². The summed E-state index contributed by atoms with van der Waals surface area (Å²) in [6, 6.07) is 5.66. The van der Waals surface area contributed by atoms with Crippen LogP contribution in [0.1, 0.15) is 28.9 Å². The van der Waals surface area contributed by atoms with Gasteiger partial charge in [-0.05, 0) is 47.8 Å². The molecule has 0 aliphatic heterocycles. The van der Waals surface area contributed by atoms with Crippen LogP contribution in [0.2, 0.25) is 0 Å². The molecule has 1 aromatic heterocycles. The summed E-state index contributed by atoms with van der Waals surface area (Å²) in [5.41, 5.74) is 1.95. The van der Waals surface area contributed by atoms with E-state index in [2.05, 4.69) is 26.3 Å². The lowest BCUT2D eigenvalue weighted by Crippen LogP contribution is -2.17. The van der Waals surface area contributed by atoms with Crippen LogP contribution >= 0.6 is 15.9 Å². The Morgan fingerprint density at radius 3 is 2.33 bits per heavy atom. The van der Waals surface area contributed by atoms with Crippen molar-refractivity contribution < 1.29 is 18.0 Å². The molecule has 0 aliphatic rings. The number of alkyl halides is 3. The molecule has 0 aliphatic carbocycles. The van der Waals surface area contributed by atoms with Crippen LogP contribution in [-0.4, -0.2) is 15.7 Å². The van der Waals surface area contributed by atoms with Crippen molar-refractivity contribution in [2.45, 2.75) is 39.9 Å². The van der Waals surface area contributed by atoms with Gasteiger partial charge < -0.3 is 5.32 Å². The van der Waals surface area contributed by atoms with Crippen LogP contribution in [0.25, 0.3) is 0 Å². The number of para-hydroxylation sites is 1. The van der Waals surface area contributed by atoms with Crippen LogP contribution in [0.3, 0.4) is 0 Å². The zero-order valence-corrected chi connectivity index (χ0v) is 15.0. The molecule has 1 amide bonds. The SMILES string of the molecule is Cc1cccc(C)c1NC(=O)CCn1nc(C(F)(F)F)c(Br)c1C. The van der Waals surface area contributed by atoms with Crippen LogP contribution < -0.4 is 5.32 Å². The monoisotopic (exact) mass is 403 g/mol. The molecule has 0 saturated carbocycles. The molecular formula is C16H17BrF3N3O. The lowest BCUT2D eigenvalue weighted by atomic mass is 10.1. The molecule has 0 spiro atoms. The van der Waals surface area contributed by atoms with Crippen molar-refractivity contribution in [3.8, 4) is 0 Å². The first-order chi connectivity index (χ1) is 11.1. The van der Waals surface area contributed by atoms with Crippen LogP contribution in [-0.2, 0) is 17.5 Å². The van der Waals surface area contributed by atoms with E-state index in [9.17, 15) is 18.0 Å². The Bertz CT molecular complexity index is 748. The number of benzene rings is 1. The van der Waals surface area contributed by atoms with Gasteiger partial charge in [0.15, 0.2) is 5.69 Å². The summed E-state index contributed by atoms with van der Waals surface area (Å²) < 4.78 is 39.6. The van der Waals surface area contributed by atoms with E-state index in [-0.39, 0.29) is 23.3 Å². The van der Waals surface area contributed by atoms with Crippen LogP contribution in [0, 0.1) is 20.8 Å². The van der Waals surface area contributed by atoms with Gasteiger partial charge in [0.1, 0.15) is 0 Å². The van der Waals surface area contributed by atoms with Crippen molar-refractivity contribution in [3.05, 3.63) is 45.2 Å². The predicted octanol–water partition coefficient (Wildman–Crippen LogP) is 4.62. The summed E-state index contributed by atoms with van der Waals surface area (Å²) in [5, 5.41) is 6.37. The number of nitrogens with one attached hydrogen (secondary N) is 1. The van der Waals surface area contributed by atoms with Gasteiger partial charge in [0.05, 0.1) is 16.7 Å². The van der Waals surface area contributed by atoms with Gasteiger partial charge in [-0.15, -0.1) is 0 Å². The minimum Gasteiger partial charge on any atom is -0.326 e. The minimum atomic E-state index is -4.53. The largest absolute Gasteiger partial charge is 0.436 e.